The summed E-state index contributed by atoms with van der Waals surface area (Å²) in [7, 11) is 2.47. The monoisotopic (exact) mass is 554 g/mol. The Morgan fingerprint density at radius 1 is 0.868 bits per heavy atom. The number of methoxy groups -OCH3 is 2. The van der Waals surface area contributed by atoms with E-state index in [1.807, 2.05) is 13.0 Å². The number of esters is 2. The molecule has 0 aliphatic rings. The Labute approximate surface area is 229 Å². The van der Waals surface area contributed by atoms with Crippen molar-refractivity contribution in [1.29, 1.82) is 0 Å². The maximum absolute atomic E-state index is 12.9. The highest BCUT2D eigenvalue weighted by Crippen LogP contribution is 2.36. The minimum atomic E-state index is -0.738. The molecule has 0 unspecified atom stereocenters. The van der Waals surface area contributed by atoms with Gasteiger partial charge in [0, 0.05) is 21.2 Å². The second-order valence-corrected chi connectivity index (χ2v) is 8.77. The maximum Gasteiger partial charge on any atom is 0.357 e. The van der Waals surface area contributed by atoms with Gasteiger partial charge in [-0.2, -0.15) is 5.10 Å². The molecule has 0 aliphatic heterocycles. The van der Waals surface area contributed by atoms with Crippen LogP contribution in [0.3, 0.4) is 0 Å². The lowest BCUT2D eigenvalue weighted by Crippen LogP contribution is -2.15. The molecule has 0 atom stereocenters. The zero-order valence-electron chi connectivity index (χ0n) is 20.9. The summed E-state index contributed by atoms with van der Waals surface area (Å²) in [6, 6.07) is 19.2. The number of rotatable bonds is 9. The lowest BCUT2D eigenvalue weighted by atomic mass is 10.0. The number of para-hydroxylation sites is 1. The van der Waals surface area contributed by atoms with Crippen LogP contribution in [0.15, 0.2) is 66.7 Å². The van der Waals surface area contributed by atoms with Crippen molar-refractivity contribution in [3.63, 3.8) is 0 Å². The number of hydrogen-bond donors (Lipinski definition) is 0. The fourth-order valence-corrected chi connectivity index (χ4v) is 4.26. The van der Waals surface area contributed by atoms with Gasteiger partial charge in [0.25, 0.3) is 0 Å². The minimum absolute atomic E-state index is 0.0349. The Morgan fingerprint density at radius 3 is 2.26 bits per heavy atom. The van der Waals surface area contributed by atoms with E-state index in [-0.39, 0.29) is 23.6 Å². The van der Waals surface area contributed by atoms with Gasteiger partial charge in [0.05, 0.1) is 26.5 Å². The Kier molecular flexibility index (Phi) is 8.55. The summed E-state index contributed by atoms with van der Waals surface area (Å²) < 4.78 is 23.2. The van der Waals surface area contributed by atoms with E-state index in [2.05, 4.69) is 5.10 Å². The van der Waals surface area contributed by atoms with E-state index in [9.17, 15) is 9.59 Å². The van der Waals surface area contributed by atoms with Crippen molar-refractivity contribution in [2.24, 2.45) is 0 Å². The van der Waals surface area contributed by atoms with Crippen LogP contribution in [0.25, 0.3) is 16.9 Å². The Morgan fingerprint density at radius 2 is 1.61 bits per heavy atom. The van der Waals surface area contributed by atoms with E-state index >= 15 is 0 Å². The highest BCUT2D eigenvalue weighted by molar-refractivity contribution is 6.35. The fourth-order valence-electron chi connectivity index (χ4n) is 3.79. The summed E-state index contributed by atoms with van der Waals surface area (Å²) in [5, 5.41) is 5.63. The number of nitrogens with zero attached hydrogens (tertiary/aromatic N) is 2. The number of hydrogen-bond acceptors (Lipinski definition) is 7. The molecule has 10 heteroatoms. The van der Waals surface area contributed by atoms with Crippen LogP contribution in [0, 0.1) is 0 Å². The standard InChI is InChI=1S/C28H24Cl2N2O6/c1-4-37-23-14-17(11-13-22(23)38-16-18-10-12-19(29)15-21(18)30)25-24(27(33)35-2)26(28(34)36-3)32(31-25)20-8-6-5-7-9-20/h5-15H,4,16H2,1-3H3. The first-order valence-electron chi connectivity index (χ1n) is 11.6. The summed E-state index contributed by atoms with van der Waals surface area (Å²) in [5.41, 5.74) is 1.94. The Balaban J connectivity index is 1.81. The molecule has 0 fully saturated rings. The molecule has 0 N–H and O–H groups in total. The van der Waals surface area contributed by atoms with Crippen molar-refractivity contribution in [1.82, 2.24) is 9.78 Å². The summed E-state index contributed by atoms with van der Waals surface area (Å²) in [5.74, 6) is -0.604. The van der Waals surface area contributed by atoms with Crippen LogP contribution >= 0.6 is 23.2 Å². The molecule has 38 heavy (non-hydrogen) atoms. The van der Waals surface area contributed by atoms with Crippen molar-refractivity contribution in [3.8, 4) is 28.4 Å². The first kappa shape index (κ1) is 27.0. The summed E-state index contributed by atoms with van der Waals surface area (Å²) in [4.78, 5) is 25.8. The first-order chi connectivity index (χ1) is 18.4. The van der Waals surface area contributed by atoms with Gasteiger partial charge in [-0.15, -0.1) is 0 Å². The lowest BCUT2D eigenvalue weighted by molar-refractivity contribution is 0.0549. The van der Waals surface area contributed by atoms with Gasteiger partial charge < -0.3 is 18.9 Å². The highest BCUT2D eigenvalue weighted by atomic mass is 35.5. The van der Waals surface area contributed by atoms with Crippen LogP contribution in [-0.4, -0.2) is 42.5 Å². The van der Waals surface area contributed by atoms with Crippen molar-refractivity contribution < 1.29 is 28.5 Å². The summed E-state index contributed by atoms with van der Waals surface area (Å²) >= 11 is 12.3. The van der Waals surface area contributed by atoms with Gasteiger partial charge in [0.15, 0.2) is 17.2 Å². The molecule has 8 nitrogen and oxygen atoms in total. The first-order valence-corrected chi connectivity index (χ1v) is 12.3. The predicted molar refractivity (Wildman–Crippen MR) is 144 cm³/mol. The third-order valence-electron chi connectivity index (χ3n) is 5.57. The van der Waals surface area contributed by atoms with Gasteiger partial charge in [0.2, 0.25) is 0 Å². The lowest BCUT2D eigenvalue weighted by Gasteiger charge is -2.14. The van der Waals surface area contributed by atoms with Gasteiger partial charge in [-0.05, 0) is 49.4 Å². The molecule has 3 aromatic carbocycles. The van der Waals surface area contributed by atoms with Gasteiger partial charge in [-0.3, -0.25) is 0 Å². The molecule has 1 aromatic heterocycles. The van der Waals surface area contributed by atoms with E-state index in [1.165, 1.54) is 18.9 Å². The molecule has 0 bridgehead atoms. The van der Waals surface area contributed by atoms with Crippen LogP contribution in [0.1, 0.15) is 33.3 Å². The number of ether oxygens (including phenoxy) is 4. The third kappa shape index (κ3) is 5.61. The van der Waals surface area contributed by atoms with Crippen molar-refractivity contribution in [2.75, 3.05) is 20.8 Å². The zero-order valence-corrected chi connectivity index (χ0v) is 22.4. The summed E-state index contributed by atoms with van der Waals surface area (Å²) in [6.45, 7) is 2.38. The van der Waals surface area contributed by atoms with Gasteiger partial charge >= 0.3 is 11.9 Å². The zero-order chi connectivity index (χ0) is 27.2. The summed E-state index contributed by atoms with van der Waals surface area (Å²) in [6.07, 6.45) is 0. The van der Waals surface area contributed by atoms with Crippen LogP contribution in [0.2, 0.25) is 10.0 Å². The number of halogens is 2. The molecule has 4 aromatic rings. The maximum atomic E-state index is 12.9. The molecule has 0 saturated heterocycles. The minimum Gasteiger partial charge on any atom is -0.490 e. The quantitative estimate of drug-likeness (QED) is 0.221. The predicted octanol–water partition coefficient (Wildman–Crippen LogP) is 6.40. The molecule has 4 rings (SSSR count). The van der Waals surface area contributed by atoms with Gasteiger partial charge in [0.1, 0.15) is 17.9 Å². The molecule has 0 spiro atoms. The highest BCUT2D eigenvalue weighted by Gasteiger charge is 2.31. The van der Waals surface area contributed by atoms with Crippen LogP contribution in [0.4, 0.5) is 0 Å². The molecule has 196 valence electrons. The molecule has 0 radical (unpaired) electrons. The molecule has 0 saturated carbocycles. The van der Waals surface area contributed by atoms with E-state index in [4.69, 9.17) is 42.1 Å². The van der Waals surface area contributed by atoms with Gasteiger partial charge in [-0.25, -0.2) is 14.3 Å². The largest absolute Gasteiger partial charge is 0.490 e. The van der Waals surface area contributed by atoms with E-state index in [0.29, 0.717) is 39.4 Å². The third-order valence-corrected chi connectivity index (χ3v) is 6.16. The van der Waals surface area contributed by atoms with Crippen LogP contribution in [0.5, 0.6) is 11.5 Å². The molecule has 1 heterocycles. The average Bonchev–Trinajstić information content (AvgIpc) is 3.33. The van der Waals surface area contributed by atoms with Crippen LogP contribution in [-0.2, 0) is 16.1 Å². The van der Waals surface area contributed by atoms with Crippen molar-refractivity contribution in [2.45, 2.75) is 13.5 Å². The fraction of sp³-hybridized carbons (Fsp3) is 0.179. The second kappa shape index (κ2) is 12.0. The Hall–Kier alpha value is -4.01. The Bertz CT molecular complexity index is 1470. The van der Waals surface area contributed by atoms with E-state index < -0.39 is 11.9 Å². The topological polar surface area (TPSA) is 88.9 Å². The SMILES string of the molecule is CCOc1cc(-c2nn(-c3ccccc3)c(C(=O)OC)c2C(=O)OC)ccc1OCc1ccc(Cl)cc1Cl. The second-order valence-electron chi connectivity index (χ2n) is 7.92. The number of carbonyl (C=O) groups is 2. The van der Waals surface area contributed by atoms with Gasteiger partial charge in [-0.1, -0.05) is 47.5 Å². The normalized spacial score (nSPS) is 10.7. The average molecular weight is 555 g/mol. The molecule has 0 aliphatic carbocycles. The number of aromatic nitrogens is 2. The van der Waals surface area contributed by atoms with Crippen molar-refractivity contribution >= 4 is 35.1 Å². The van der Waals surface area contributed by atoms with E-state index in [0.717, 1.165) is 5.56 Å². The number of benzene rings is 3. The smallest absolute Gasteiger partial charge is 0.357 e. The molecular weight excluding hydrogens is 531 g/mol. The van der Waals surface area contributed by atoms with E-state index in [1.54, 1.807) is 60.7 Å². The molecular formula is C28H24Cl2N2O6. The molecule has 0 amide bonds. The van der Waals surface area contributed by atoms with Crippen LogP contribution < -0.4 is 9.47 Å². The number of carbonyl (C=O) groups excluding carboxylic acids is 2. The van der Waals surface area contributed by atoms with Crippen molar-refractivity contribution in [3.05, 3.63) is 93.6 Å².